The molecule has 0 radical (unpaired) electrons. The molecule has 4 nitrogen and oxygen atoms in total. The predicted molar refractivity (Wildman–Crippen MR) is 94.9 cm³/mol. The van der Waals surface area contributed by atoms with E-state index in [1.807, 2.05) is 6.92 Å². The van der Waals surface area contributed by atoms with Crippen LogP contribution in [0.1, 0.15) is 50.3 Å². The number of hydrogen-bond acceptors (Lipinski definition) is 4. The van der Waals surface area contributed by atoms with Gasteiger partial charge in [0.1, 0.15) is 5.75 Å². The molecule has 1 aliphatic rings. The van der Waals surface area contributed by atoms with Gasteiger partial charge < -0.3 is 15.2 Å². The molecule has 2 rings (SSSR count). The molecule has 1 atom stereocenters. The van der Waals surface area contributed by atoms with Crippen LogP contribution in [0.3, 0.4) is 0 Å². The maximum atomic E-state index is 8.90. The summed E-state index contributed by atoms with van der Waals surface area (Å²) in [5.41, 5.74) is 4.13. The van der Waals surface area contributed by atoms with Crippen LogP contribution in [-0.4, -0.2) is 42.4 Å². The van der Waals surface area contributed by atoms with Gasteiger partial charge in [-0.2, -0.15) is 0 Å². The van der Waals surface area contributed by atoms with Crippen molar-refractivity contribution in [1.82, 2.24) is 10.2 Å². The summed E-state index contributed by atoms with van der Waals surface area (Å²) in [6.45, 7) is 11.3. The molecule has 1 heterocycles. The Morgan fingerprint density at radius 1 is 1.26 bits per heavy atom. The second kappa shape index (κ2) is 9.26. The predicted octanol–water partition coefficient (Wildman–Crippen LogP) is 2.71. The number of aliphatic hydroxyl groups excluding tert-OH is 1. The van der Waals surface area contributed by atoms with Gasteiger partial charge in [0.05, 0.1) is 6.61 Å². The molecule has 1 aromatic rings. The SMILES string of the molecule is CCOc1cc2c(cc1CNCCCO)CC(CC)N(CC)C2. The Bertz CT molecular complexity index is 491. The zero-order valence-corrected chi connectivity index (χ0v) is 14.9. The lowest BCUT2D eigenvalue weighted by atomic mass is 9.90. The summed E-state index contributed by atoms with van der Waals surface area (Å²) in [7, 11) is 0. The van der Waals surface area contributed by atoms with Crippen molar-refractivity contribution >= 4 is 0 Å². The molecule has 0 fully saturated rings. The molecule has 0 bridgehead atoms. The summed E-state index contributed by atoms with van der Waals surface area (Å²) in [6, 6.07) is 5.24. The van der Waals surface area contributed by atoms with Crippen molar-refractivity contribution in [2.45, 2.75) is 59.2 Å². The lowest BCUT2D eigenvalue weighted by Gasteiger charge is -2.36. The normalized spacial score (nSPS) is 18.0. The number of nitrogens with zero attached hydrogens (tertiary/aromatic N) is 1. The summed E-state index contributed by atoms with van der Waals surface area (Å²) in [6.07, 6.45) is 3.12. The fourth-order valence-corrected chi connectivity index (χ4v) is 3.41. The molecular weight excluding hydrogens is 288 g/mol. The lowest BCUT2D eigenvalue weighted by molar-refractivity contribution is 0.175. The van der Waals surface area contributed by atoms with Crippen LogP contribution in [0.4, 0.5) is 0 Å². The fraction of sp³-hybridized carbons (Fsp3) is 0.684. The largest absolute Gasteiger partial charge is 0.494 e. The van der Waals surface area contributed by atoms with Gasteiger partial charge >= 0.3 is 0 Å². The van der Waals surface area contributed by atoms with Crippen LogP contribution in [-0.2, 0) is 19.5 Å². The Hall–Kier alpha value is -1.10. The van der Waals surface area contributed by atoms with Crippen molar-refractivity contribution in [2.24, 2.45) is 0 Å². The van der Waals surface area contributed by atoms with Gasteiger partial charge in [-0.25, -0.2) is 0 Å². The molecule has 0 amide bonds. The average molecular weight is 320 g/mol. The molecule has 0 saturated heterocycles. The molecule has 1 unspecified atom stereocenters. The zero-order valence-electron chi connectivity index (χ0n) is 14.9. The number of ether oxygens (including phenoxy) is 1. The van der Waals surface area contributed by atoms with E-state index in [1.165, 1.54) is 23.1 Å². The minimum Gasteiger partial charge on any atom is -0.494 e. The van der Waals surface area contributed by atoms with E-state index >= 15 is 0 Å². The standard InChI is InChI=1S/C19H32N2O2/c1-4-18-11-15-10-16(13-20-8-7-9-22)19(23-6-3)12-17(15)14-21(18)5-2/h10,12,18,20,22H,4-9,11,13-14H2,1-3H3. The third-order valence-corrected chi connectivity index (χ3v) is 4.73. The van der Waals surface area contributed by atoms with Crippen molar-refractivity contribution in [2.75, 3.05) is 26.3 Å². The highest BCUT2D eigenvalue weighted by Crippen LogP contribution is 2.31. The molecule has 0 aliphatic carbocycles. The molecule has 1 aromatic carbocycles. The van der Waals surface area contributed by atoms with Crippen molar-refractivity contribution in [3.8, 4) is 5.75 Å². The van der Waals surface area contributed by atoms with E-state index in [2.05, 4.69) is 36.2 Å². The first-order valence-electron chi connectivity index (χ1n) is 9.06. The first-order chi connectivity index (χ1) is 11.2. The van der Waals surface area contributed by atoms with Crippen LogP contribution in [0, 0.1) is 0 Å². The van der Waals surface area contributed by atoms with Gasteiger partial charge in [-0.3, -0.25) is 4.90 Å². The number of rotatable bonds is 9. The number of benzene rings is 1. The summed E-state index contributed by atoms with van der Waals surface area (Å²) >= 11 is 0. The molecule has 130 valence electrons. The minimum atomic E-state index is 0.237. The van der Waals surface area contributed by atoms with E-state index in [4.69, 9.17) is 9.84 Å². The number of hydrogen-bond donors (Lipinski definition) is 2. The van der Waals surface area contributed by atoms with Gasteiger partial charge in [-0.15, -0.1) is 0 Å². The highest BCUT2D eigenvalue weighted by atomic mass is 16.5. The molecule has 2 N–H and O–H groups in total. The van der Waals surface area contributed by atoms with E-state index < -0.39 is 0 Å². The zero-order chi connectivity index (χ0) is 16.7. The average Bonchev–Trinajstić information content (AvgIpc) is 2.58. The summed E-state index contributed by atoms with van der Waals surface area (Å²) < 4.78 is 5.87. The number of nitrogens with one attached hydrogen (secondary N) is 1. The van der Waals surface area contributed by atoms with Gasteiger partial charge in [0, 0.05) is 31.3 Å². The first-order valence-corrected chi connectivity index (χ1v) is 9.06. The Morgan fingerprint density at radius 3 is 2.74 bits per heavy atom. The smallest absolute Gasteiger partial charge is 0.124 e. The Kier molecular flexibility index (Phi) is 7.34. The second-order valence-electron chi connectivity index (χ2n) is 6.24. The third kappa shape index (κ3) is 4.69. The van der Waals surface area contributed by atoms with E-state index in [1.54, 1.807) is 0 Å². The van der Waals surface area contributed by atoms with Crippen LogP contribution >= 0.6 is 0 Å². The molecule has 23 heavy (non-hydrogen) atoms. The highest BCUT2D eigenvalue weighted by molar-refractivity contribution is 5.44. The van der Waals surface area contributed by atoms with E-state index in [-0.39, 0.29) is 6.61 Å². The lowest BCUT2D eigenvalue weighted by Crippen LogP contribution is -2.39. The van der Waals surface area contributed by atoms with Crippen LogP contribution in [0.2, 0.25) is 0 Å². The molecule has 1 aliphatic heterocycles. The fourth-order valence-electron chi connectivity index (χ4n) is 3.41. The Morgan fingerprint density at radius 2 is 2.09 bits per heavy atom. The number of likely N-dealkylation sites (N-methyl/N-ethyl adjacent to an activating group) is 1. The number of aliphatic hydroxyl groups is 1. The summed E-state index contributed by atoms with van der Waals surface area (Å²) in [5.74, 6) is 1.01. The Balaban J connectivity index is 2.19. The Labute approximate surface area is 140 Å². The number of fused-ring (bicyclic) bond motifs is 1. The van der Waals surface area contributed by atoms with E-state index in [0.29, 0.717) is 12.6 Å². The highest BCUT2D eigenvalue weighted by Gasteiger charge is 2.25. The van der Waals surface area contributed by atoms with Crippen molar-refractivity contribution in [1.29, 1.82) is 0 Å². The minimum absolute atomic E-state index is 0.237. The monoisotopic (exact) mass is 320 g/mol. The topological polar surface area (TPSA) is 44.7 Å². The van der Waals surface area contributed by atoms with Gasteiger partial charge in [-0.1, -0.05) is 19.9 Å². The van der Waals surface area contributed by atoms with Crippen LogP contribution < -0.4 is 10.1 Å². The van der Waals surface area contributed by atoms with Crippen LogP contribution in [0.25, 0.3) is 0 Å². The summed E-state index contributed by atoms with van der Waals surface area (Å²) in [4.78, 5) is 2.57. The maximum Gasteiger partial charge on any atom is 0.124 e. The second-order valence-corrected chi connectivity index (χ2v) is 6.24. The maximum absolute atomic E-state index is 8.90. The van der Waals surface area contributed by atoms with E-state index in [0.717, 1.165) is 44.8 Å². The molecule has 4 heteroatoms. The molecule has 0 aromatic heterocycles. The molecule has 0 spiro atoms. The van der Waals surface area contributed by atoms with Crippen molar-refractivity contribution in [3.63, 3.8) is 0 Å². The molecular formula is C19H32N2O2. The van der Waals surface area contributed by atoms with E-state index in [9.17, 15) is 0 Å². The van der Waals surface area contributed by atoms with Crippen LogP contribution in [0.5, 0.6) is 5.75 Å². The van der Waals surface area contributed by atoms with Gasteiger partial charge in [-0.05, 0) is 56.5 Å². The van der Waals surface area contributed by atoms with Crippen LogP contribution in [0.15, 0.2) is 12.1 Å². The first kappa shape index (κ1) is 18.2. The van der Waals surface area contributed by atoms with Crippen molar-refractivity contribution < 1.29 is 9.84 Å². The van der Waals surface area contributed by atoms with Gasteiger partial charge in [0.2, 0.25) is 0 Å². The third-order valence-electron chi connectivity index (χ3n) is 4.73. The van der Waals surface area contributed by atoms with Gasteiger partial charge in [0.15, 0.2) is 0 Å². The van der Waals surface area contributed by atoms with Gasteiger partial charge in [0.25, 0.3) is 0 Å². The van der Waals surface area contributed by atoms with Crippen molar-refractivity contribution in [3.05, 3.63) is 28.8 Å². The summed E-state index contributed by atoms with van der Waals surface area (Å²) in [5, 5.41) is 12.3. The quantitative estimate of drug-likeness (QED) is 0.687. The molecule has 0 saturated carbocycles.